The van der Waals surface area contributed by atoms with E-state index < -0.39 is 0 Å². The Bertz CT molecular complexity index is 359. The summed E-state index contributed by atoms with van der Waals surface area (Å²) in [4.78, 5) is 11.0. The van der Waals surface area contributed by atoms with E-state index in [0.29, 0.717) is 11.7 Å². The zero-order valence-electron chi connectivity index (χ0n) is 9.63. The van der Waals surface area contributed by atoms with Gasteiger partial charge in [-0.2, -0.15) is 0 Å². The molecule has 1 aromatic rings. The summed E-state index contributed by atoms with van der Waals surface area (Å²) in [6, 6.07) is 5.83. The van der Waals surface area contributed by atoms with E-state index in [1.165, 1.54) is 12.5 Å². The molecule has 0 aliphatic rings. The number of rotatable bonds is 3. The first-order valence-electron chi connectivity index (χ1n) is 5.00. The molecule has 0 fully saturated rings. The number of benzene rings is 1. The molecule has 0 saturated heterocycles. The van der Waals surface area contributed by atoms with E-state index in [1.54, 1.807) is 7.11 Å². The van der Waals surface area contributed by atoms with E-state index in [1.807, 2.05) is 18.2 Å². The highest BCUT2D eigenvalue weighted by Gasteiger charge is 2.07. The van der Waals surface area contributed by atoms with Gasteiger partial charge in [0, 0.05) is 6.92 Å². The van der Waals surface area contributed by atoms with Crippen LogP contribution in [0.2, 0.25) is 0 Å². The highest BCUT2D eigenvalue weighted by Crippen LogP contribution is 2.28. The summed E-state index contributed by atoms with van der Waals surface area (Å²) in [6.07, 6.45) is 0. The number of hydrogen-bond donors (Lipinski definition) is 1. The molecule has 15 heavy (non-hydrogen) atoms. The minimum atomic E-state index is -0.0887. The van der Waals surface area contributed by atoms with Gasteiger partial charge in [-0.25, -0.2) is 0 Å². The first-order chi connectivity index (χ1) is 7.04. The summed E-state index contributed by atoms with van der Waals surface area (Å²) in [5.74, 6) is 1.03. The quantitative estimate of drug-likeness (QED) is 0.827. The van der Waals surface area contributed by atoms with Crippen molar-refractivity contribution in [2.75, 3.05) is 12.4 Å². The molecule has 0 bridgehead atoms. The zero-order chi connectivity index (χ0) is 11.4. The van der Waals surface area contributed by atoms with Gasteiger partial charge in [0.25, 0.3) is 0 Å². The lowest BCUT2D eigenvalue weighted by Crippen LogP contribution is -2.07. The van der Waals surface area contributed by atoms with Crippen LogP contribution in [0.1, 0.15) is 32.3 Å². The Morgan fingerprint density at radius 2 is 2.07 bits per heavy atom. The van der Waals surface area contributed by atoms with Crippen LogP contribution < -0.4 is 10.1 Å². The van der Waals surface area contributed by atoms with Crippen molar-refractivity contribution in [3.63, 3.8) is 0 Å². The van der Waals surface area contributed by atoms with Gasteiger partial charge >= 0.3 is 0 Å². The van der Waals surface area contributed by atoms with Crippen molar-refractivity contribution in [2.24, 2.45) is 0 Å². The van der Waals surface area contributed by atoms with Crippen LogP contribution in [0.3, 0.4) is 0 Å². The molecule has 3 heteroatoms. The molecular weight excluding hydrogens is 190 g/mol. The summed E-state index contributed by atoms with van der Waals surface area (Å²) in [5.41, 5.74) is 1.91. The maximum atomic E-state index is 11.0. The average Bonchev–Trinajstić information content (AvgIpc) is 2.16. The lowest BCUT2D eigenvalue weighted by Gasteiger charge is -2.12. The van der Waals surface area contributed by atoms with Gasteiger partial charge in [-0.15, -0.1) is 0 Å². The molecule has 0 aliphatic heterocycles. The first-order valence-corrected chi connectivity index (χ1v) is 5.00. The Morgan fingerprint density at radius 3 is 2.53 bits per heavy atom. The van der Waals surface area contributed by atoms with E-state index in [-0.39, 0.29) is 5.91 Å². The third-order valence-corrected chi connectivity index (χ3v) is 2.20. The van der Waals surface area contributed by atoms with Gasteiger partial charge in [-0.05, 0) is 23.6 Å². The Kier molecular flexibility index (Phi) is 3.72. The first kappa shape index (κ1) is 11.6. The fraction of sp³-hybridized carbons (Fsp3) is 0.417. The molecule has 0 atom stereocenters. The van der Waals surface area contributed by atoms with Gasteiger partial charge in [0.15, 0.2) is 0 Å². The predicted molar refractivity (Wildman–Crippen MR) is 61.4 cm³/mol. The SMILES string of the molecule is COc1ccc(C(C)C)cc1NC(C)=O. The molecule has 1 N–H and O–H groups in total. The van der Waals surface area contributed by atoms with E-state index in [9.17, 15) is 4.79 Å². The van der Waals surface area contributed by atoms with E-state index in [4.69, 9.17) is 4.74 Å². The molecule has 0 aliphatic carbocycles. The van der Waals surface area contributed by atoms with Crippen molar-refractivity contribution in [1.29, 1.82) is 0 Å². The van der Waals surface area contributed by atoms with Crippen molar-refractivity contribution >= 4 is 11.6 Å². The number of amides is 1. The number of anilines is 1. The zero-order valence-corrected chi connectivity index (χ0v) is 9.63. The molecule has 1 aromatic carbocycles. The molecule has 0 unspecified atom stereocenters. The van der Waals surface area contributed by atoms with Crippen LogP contribution in [0.15, 0.2) is 18.2 Å². The van der Waals surface area contributed by atoms with E-state index >= 15 is 0 Å². The van der Waals surface area contributed by atoms with Crippen molar-refractivity contribution in [3.05, 3.63) is 23.8 Å². The van der Waals surface area contributed by atoms with Crippen molar-refractivity contribution < 1.29 is 9.53 Å². The number of nitrogens with one attached hydrogen (secondary N) is 1. The van der Waals surface area contributed by atoms with Crippen LogP contribution >= 0.6 is 0 Å². The van der Waals surface area contributed by atoms with Crippen molar-refractivity contribution in [1.82, 2.24) is 0 Å². The monoisotopic (exact) mass is 207 g/mol. The Hall–Kier alpha value is -1.51. The lowest BCUT2D eigenvalue weighted by atomic mass is 10.0. The summed E-state index contributed by atoms with van der Waals surface area (Å²) in [7, 11) is 1.59. The van der Waals surface area contributed by atoms with Crippen LogP contribution in [-0.4, -0.2) is 13.0 Å². The molecule has 0 heterocycles. The molecule has 3 nitrogen and oxygen atoms in total. The van der Waals surface area contributed by atoms with Gasteiger partial charge in [-0.3, -0.25) is 4.79 Å². The second kappa shape index (κ2) is 4.82. The average molecular weight is 207 g/mol. The summed E-state index contributed by atoms with van der Waals surface area (Å²) >= 11 is 0. The second-order valence-corrected chi connectivity index (χ2v) is 3.80. The predicted octanol–water partition coefficient (Wildman–Crippen LogP) is 2.78. The molecule has 0 radical (unpaired) electrons. The number of carbonyl (C=O) groups excluding carboxylic acids is 1. The van der Waals surface area contributed by atoms with Crippen molar-refractivity contribution in [2.45, 2.75) is 26.7 Å². The fourth-order valence-corrected chi connectivity index (χ4v) is 1.37. The van der Waals surface area contributed by atoms with Crippen LogP contribution in [0.25, 0.3) is 0 Å². The third-order valence-electron chi connectivity index (χ3n) is 2.20. The van der Waals surface area contributed by atoms with Crippen LogP contribution in [0.4, 0.5) is 5.69 Å². The molecule has 0 saturated carbocycles. The van der Waals surface area contributed by atoms with E-state index in [0.717, 1.165) is 5.69 Å². The molecular formula is C12H17NO2. The standard InChI is InChI=1S/C12H17NO2/c1-8(2)10-5-6-12(15-4)11(7-10)13-9(3)14/h5-8H,1-4H3,(H,13,14). The van der Waals surface area contributed by atoms with Crippen LogP contribution in [-0.2, 0) is 4.79 Å². The molecule has 0 aromatic heterocycles. The summed E-state index contributed by atoms with van der Waals surface area (Å²) < 4.78 is 5.17. The Morgan fingerprint density at radius 1 is 1.40 bits per heavy atom. The molecule has 82 valence electrons. The number of carbonyl (C=O) groups is 1. The number of ether oxygens (including phenoxy) is 1. The Labute approximate surface area is 90.4 Å². The van der Waals surface area contributed by atoms with Gasteiger partial charge in [0.05, 0.1) is 12.8 Å². The maximum Gasteiger partial charge on any atom is 0.221 e. The highest BCUT2D eigenvalue weighted by atomic mass is 16.5. The highest BCUT2D eigenvalue weighted by molar-refractivity contribution is 5.90. The molecule has 1 amide bonds. The smallest absolute Gasteiger partial charge is 0.221 e. The normalized spacial score (nSPS) is 10.2. The van der Waals surface area contributed by atoms with Crippen molar-refractivity contribution in [3.8, 4) is 5.75 Å². The number of methoxy groups -OCH3 is 1. The lowest BCUT2D eigenvalue weighted by molar-refractivity contribution is -0.114. The molecule has 1 rings (SSSR count). The minimum Gasteiger partial charge on any atom is -0.495 e. The van der Waals surface area contributed by atoms with Gasteiger partial charge in [0.2, 0.25) is 5.91 Å². The minimum absolute atomic E-state index is 0.0887. The van der Waals surface area contributed by atoms with Gasteiger partial charge in [0.1, 0.15) is 5.75 Å². The van der Waals surface area contributed by atoms with Crippen LogP contribution in [0.5, 0.6) is 5.75 Å². The largest absolute Gasteiger partial charge is 0.495 e. The topological polar surface area (TPSA) is 38.3 Å². The second-order valence-electron chi connectivity index (χ2n) is 3.80. The maximum absolute atomic E-state index is 11.0. The fourth-order valence-electron chi connectivity index (χ4n) is 1.37. The summed E-state index contributed by atoms with van der Waals surface area (Å²) in [5, 5.41) is 2.76. The summed E-state index contributed by atoms with van der Waals surface area (Å²) in [6.45, 7) is 5.71. The van der Waals surface area contributed by atoms with Crippen LogP contribution in [0, 0.1) is 0 Å². The Balaban J connectivity index is 3.07. The molecule has 0 spiro atoms. The van der Waals surface area contributed by atoms with Gasteiger partial charge < -0.3 is 10.1 Å². The third kappa shape index (κ3) is 2.98. The van der Waals surface area contributed by atoms with Gasteiger partial charge in [-0.1, -0.05) is 19.9 Å². The van der Waals surface area contributed by atoms with E-state index in [2.05, 4.69) is 19.2 Å². The number of hydrogen-bond acceptors (Lipinski definition) is 2.